The summed E-state index contributed by atoms with van der Waals surface area (Å²) in [6.45, 7) is 4.07. The van der Waals surface area contributed by atoms with Gasteiger partial charge in [0.1, 0.15) is 11.5 Å². The van der Waals surface area contributed by atoms with E-state index in [2.05, 4.69) is 194 Å². The van der Waals surface area contributed by atoms with Crippen LogP contribution in [0.4, 0.5) is 0 Å². The van der Waals surface area contributed by atoms with E-state index in [-0.39, 0.29) is 11.0 Å². The third-order valence-electron chi connectivity index (χ3n) is 14.1. The van der Waals surface area contributed by atoms with Gasteiger partial charge in [0.15, 0.2) is 0 Å². The van der Waals surface area contributed by atoms with Gasteiger partial charge in [-0.3, -0.25) is 0 Å². The molecule has 0 saturated carbocycles. The van der Waals surface area contributed by atoms with E-state index >= 15 is 0 Å². The van der Waals surface area contributed by atoms with E-state index in [4.69, 9.17) is 18.6 Å². The molecule has 332 valence electrons. The molecule has 11 aromatic rings. The van der Waals surface area contributed by atoms with Crippen molar-refractivity contribution >= 4 is 32.8 Å². The Morgan fingerprint density at radius 2 is 1.25 bits per heavy atom. The molecule has 4 heterocycles. The fraction of sp³-hybridized carbons (Fsp3) is 0.115. The van der Waals surface area contributed by atoms with Gasteiger partial charge in [-0.05, 0) is 63.3 Å². The second kappa shape index (κ2) is 15.0. The number of benzene rings is 8. The van der Waals surface area contributed by atoms with E-state index in [9.17, 15) is 0 Å². The van der Waals surface area contributed by atoms with E-state index in [1.54, 1.807) is 12.3 Å². The molecule has 68 heavy (non-hydrogen) atoms. The van der Waals surface area contributed by atoms with Crippen LogP contribution in [-0.2, 0) is 37.2 Å². The first-order valence-corrected chi connectivity index (χ1v) is 24.0. The van der Waals surface area contributed by atoms with Gasteiger partial charge in [-0.15, -0.1) is 0 Å². The third kappa shape index (κ3) is 5.93. The summed E-state index contributed by atoms with van der Waals surface area (Å²) in [5.74, 6) is 3.42. The smallest absolute Gasteiger partial charge is 0.457 e. The molecule has 0 amide bonds. The van der Waals surface area contributed by atoms with Crippen molar-refractivity contribution in [3.63, 3.8) is 0 Å². The van der Waals surface area contributed by atoms with Gasteiger partial charge in [-0.1, -0.05) is 106 Å². The maximum absolute atomic E-state index is 8.95. The Morgan fingerprint density at radius 3 is 2.00 bits per heavy atom. The Labute approximate surface area is 410 Å². The minimum Gasteiger partial charge on any atom is -0.457 e. The minimum atomic E-state index is -2.45. The van der Waals surface area contributed by atoms with Crippen molar-refractivity contribution in [2.24, 2.45) is 7.05 Å². The molecule has 0 N–H and O–H groups in total. The molecule has 0 bridgehead atoms. The van der Waals surface area contributed by atoms with Crippen molar-refractivity contribution in [2.45, 2.75) is 38.5 Å². The van der Waals surface area contributed by atoms with Gasteiger partial charge in [-0.25, -0.2) is 0 Å². The van der Waals surface area contributed by atoms with Gasteiger partial charge in [0.2, 0.25) is 0 Å². The van der Waals surface area contributed by atoms with Gasteiger partial charge >= 0.3 is 194 Å². The summed E-state index contributed by atoms with van der Waals surface area (Å²) in [6, 6.07) is 62.7. The van der Waals surface area contributed by atoms with Crippen molar-refractivity contribution < 1.29 is 32.9 Å². The van der Waals surface area contributed by atoms with E-state index in [1.807, 2.05) is 42.5 Å². The number of ether oxygens (including phenoxy) is 2. The van der Waals surface area contributed by atoms with Crippen LogP contribution in [0.15, 0.2) is 188 Å². The molecule has 8 aromatic carbocycles. The monoisotopic (exact) mass is 1060 g/mol. The molecule has 0 fully saturated rings. The normalized spacial score (nSPS) is 14.2. The van der Waals surface area contributed by atoms with Crippen LogP contribution in [0.5, 0.6) is 23.0 Å². The first-order valence-electron chi connectivity index (χ1n) is 24.4. The van der Waals surface area contributed by atoms with Crippen LogP contribution in [0.1, 0.15) is 58.3 Å². The van der Waals surface area contributed by atoms with Crippen molar-refractivity contribution in [2.75, 3.05) is 0 Å². The maximum atomic E-state index is 8.95. The molecule has 6 nitrogen and oxygen atoms in total. The number of pyridine rings is 1. The molecule has 1 spiro atoms. The minimum absolute atomic E-state index is 0.0567. The quantitative estimate of drug-likeness (QED) is 0.173. The van der Waals surface area contributed by atoms with Crippen LogP contribution in [0, 0.1) is 10.7 Å². The summed E-state index contributed by atoms with van der Waals surface area (Å²) in [4.78, 5) is 5.19. The summed E-state index contributed by atoms with van der Waals surface area (Å²) in [5.41, 5.74) is 13.6. The number of aromatic nitrogens is 4. The van der Waals surface area contributed by atoms with Gasteiger partial charge in [0.05, 0.1) is 5.41 Å². The number of fused-ring (bicyclic) bond motifs is 13. The Hall–Kier alpha value is -7.53. The summed E-state index contributed by atoms with van der Waals surface area (Å²) in [6.07, 6.45) is 1.73. The standard InChI is InChI=1S/C61H46N4O2.Pt/c1-38-31-59(62-36-48(38)39-25-27-40(28-26-39)60(2,3)4)65-55-33-43(66-42-16-14-15-41(32-42)64-37-63(5)53-21-10-11-22-54(53)64)29-30-45(55)47-34-46-44-17-6-7-18-49(44)61(52(46)35-56(47)65)50-19-8-12-23-57(50)67-58-24-13-9-20-51(58)61;/h6-36H,1-5H3;/i1D3;. The van der Waals surface area contributed by atoms with Crippen LogP contribution >= 0.6 is 0 Å². The first-order chi connectivity index (χ1) is 34.3. The number of nitrogens with zero attached hydrogens (tertiary/aromatic N) is 4. The van der Waals surface area contributed by atoms with Crippen LogP contribution in [0.25, 0.3) is 66.6 Å². The van der Waals surface area contributed by atoms with Crippen molar-refractivity contribution in [1.29, 1.82) is 0 Å². The number of para-hydroxylation sites is 4. The van der Waals surface area contributed by atoms with Crippen molar-refractivity contribution in [3.8, 4) is 56.8 Å². The molecular formula is C61H46N4O2Pt. The second-order valence-electron chi connectivity index (χ2n) is 19.0. The molecule has 7 heteroatoms. The van der Waals surface area contributed by atoms with Gasteiger partial charge < -0.3 is 4.74 Å². The average molecular weight is 1070 g/mol. The van der Waals surface area contributed by atoms with Crippen molar-refractivity contribution in [3.05, 3.63) is 225 Å². The topological polar surface area (TPSA) is 46.1 Å². The number of imidazole rings is 1. The molecule has 0 atom stereocenters. The van der Waals surface area contributed by atoms with Crippen molar-refractivity contribution in [1.82, 2.24) is 18.7 Å². The van der Waals surface area contributed by atoms with Crippen LogP contribution in [-0.4, -0.2) is 18.7 Å². The summed E-state index contributed by atoms with van der Waals surface area (Å²) < 4.78 is 48.0. The zero-order chi connectivity index (χ0) is 48.6. The molecule has 2 aliphatic rings. The SMILES string of the molecule is [2H]C([2H])([2H])c1cc(-n2c3cc(Oc4cccc(-n5[c](=[Pt])n(C)c6ccccc65)c4)ccc3c3cc4c(cc32)C2(c3ccccc3Oc3ccccc32)c2ccccc2-4)ncc1-c1ccc(C(C)(C)C)cc1. The summed E-state index contributed by atoms with van der Waals surface area (Å²) >= 11 is 2.38. The molecular weight excluding hydrogens is 1020 g/mol. The predicted molar refractivity (Wildman–Crippen MR) is 270 cm³/mol. The van der Waals surface area contributed by atoms with Crippen LogP contribution in [0.3, 0.4) is 0 Å². The number of aryl methyl sites for hydroxylation is 2. The average Bonchev–Trinajstić information content (AvgIpc) is 3.94. The molecule has 1 aliphatic heterocycles. The molecule has 0 saturated heterocycles. The van der Waals surface area contributed by atoms with Crippen LogP contribution in [0.2, 0.25) is 0 Å². The molecule has 0 radical (unpaired) electrons. The predicted octanol–water partition coefficient (Wildman–Crippen LogP) is 15.1. The number of hydrogen-bond donors (Lipinski definition) is 0. The Balaban J connectivity index is 1.05. The third-order valence-corrected chi connectivity index (χ3v) is 15.4. The molecule has 3 aromatic heterocycles. The molecule has 0 unspecified atom stereocenters. The number of rotatable bonds is 5. The zero-order valence-electron chi connectivity index (χ0n) is 40.8. The Morgan fingerprint density at radius 1 is 0.574 bits per heavy atom. The first kappa shape index (κ1) is 37.5. The van der Waals surface area contributed by atoms with E-state index in [0.29, 0.717) is 22.9 Å². The van der Waals surface area contributed by atoms with E-state index < -0.39 is 12.3 Å². The fourth-order valence-corrected chi connectivity index (χ4v) is 11.8. The van der Waals surface area contributed by atoms with E-state index in [0.717, 1.165) is 87.2 Å². The Kier molecular flexibility index (Phi) is 8.28. The zero-order valence-corrected chi connectivity index (χ0v) is 40.1. The second-order valence-corrected chi connectivity index (χ2v) is 20.0. The van der Waals surface area contributed by atoms with E-state index in [1.165, 1.54) is 11.1 Å². The molecule has 1 aliphatic carbocycles. The fourth-order valence-electron chi connectivity index (χ4n) is 10.9. The molecule has 13 rings (SSSR count). The summed E-state index contributed by atoms with van der Waals surface area (Å²) in [7, 11) is 2.08. The van der Waals surface area contributed by atoms with Gasteiger partial charge in [-0.2, -0.15) is 0 Å². The Bertz CT molecular complexity index is 4040. The van der Waals surface area contributed by atoms with Gasteiger partial charge in [0.25, 0.3) is 0 Å². The van der Waals surface area contributed by atoms with Crippen LogP contribution < -0.4 is 9.47 Å². The number of hydrogen-bond acceptors (Lipinski definition) is 3. The summed E-state index contributed by atoms with van der Waals surface area (Å²) in [5, 5.41) is 1.99. The van der Waals surface area contributed by atoms with Gasteiger partial charge in [0, 0.05) is 27.0 Å².